The lowest BCUT2D eigenvalue weighted by atomic mass is 10.1. The Hall–Kier alpha value is -0.980. The third-order valence-electron chi connectivity index (χ3n) is 4.18. The second-order valence-corrected chi connectivity index (χ2v) is 6.75. The van der Waals surface area contributed by atoms with E-state index in [4.69, 9.17) is 0 Å². The van der Waals surface area contributed by atoms with Crippen LogP contribution in [0.3, 0.4) is 0 Å². The van der Waals surface area contributed by atoms with Crippen LogP contribution in [0.15, 0.2) is 22.7 Å². The first-order valence-corrected chi connectivity index (χ1v) is 8.13. The summed E-state index contributed by atoms with van der Waals surface area (Å²) < 4.78 is 14.4. The Morgan fingerprint density at radius 3 is 3.00 bits per heavy atom. The Morgan fingerprint density at radius 2 is 2.19 bits per heavy atom. The number of hydrogen-bond donors (Lipinski definition) is 2. The van der Waals surface area contributed by atoms with Gasteiger partial charge in [-0.15, -0.1) is 0 Å². The van der Waals surface area contributed by atoms with E-state index in [2.05, 4.69) is 31.5 Å². The van der Waals surface area contributed by atoms with Crippen molar-refractivity contribution in [1.82, 2.24) is 10.2 Å². The molecule has 0 spiro atoms. The summed E-state index contributed by atoms with van der Waals surface area (Å²) in [6.45, 7) is 2.14. The lowest BCUT2D eigenvalue weighted by Gasteiger charge is -2.23. The van der Waals surface area contributed by atoms with Crippen LogP contribution in [0.5, 0.6) is 0 Å². The molecule has 2 heterocycles. The average Bonchev–Trinajstić information content (AvgIpc) is 2.76. The number of anilines is 1. The number of fused-ring (bicyclic) bond motifs is 2. The quantitative estimate of drug-likeness (QED) is 0.874. The van der Waals surface area contributed by atoms with Crippen LogP contribution in [-0.2, 0) is 4.79 Å². The van der Waals surface area contributed by atoms with Crippen molar-refractivity contribution in [2.75, 3.05) is 25.0 Å². The number of nitrogens with one attached hydrogen (secondary N) is 2. The van der Waals surface area contributed by atoms with Gasteiger partial charge in [-0.05, 0) is 37.5 Å². The molecule has 2 atom stereocenters. The van der Waals surface area contributed by atoms with Crippen molar-refractivity contribution in [2.45, 2.75) is 31.3 Å². The van der Waals surface area contributed by atoms with E-state index < -0.39 is 5.82 Å². The summed E-state index contributed by atoms with van der Waals surface area (Å²) >= 11 is 3.20. The largest absolute Gasteiger partial charge is 0.322 e. The molecule has 1 amide bonds. The number of hydrogen-bond acceptors (Lipinski definition) is 3. The number of likely N-dealkylation sites (tertiary alicyclic amines) is 1. The van der Waals surface area contributed by atoms with Gasteiger partial charge in [0.05, 0.1) is 12.2 Å². The lowest BCUT2D eigenvalue weighted by molar-refractivity contribution is -0.117. The minimum Gasteiger partial charge on any atom is -0.322 e. The van der Waals surface area contributed by atoms with Crippen LogP contribution in [0.4, 0.5) is 10.1 Å². The molecule has 2 fully saturated rings. The van der Waals surface area contributed by atoms with E-state index >= 15 is 0 Å². The predicted molar refractivity (Wildman–Crippen MR) is 83.7 cm³/mol. The number of carbonyl (C=O) groups is 1. The molecule has 114 valence electrons. The van der Waals surface area contributed by atoms with Crippen molar-refractivity contribution >= 4 is 27.5 Å². The number of benzene rings is 1. The van der Waals surface area contributed by atoms with Gasteiger partial charge in [0.15, 0.2) is 0 Å². The molecule has 0 aliphatic carbocycles. The minimum absolute atomic E-state index is 0.158. The maximum absolute atomic E-state index is 13.7. The highest BCUT2D eigenvalue weighted by Crippen LogP contribution is 2.21. The summed E-state index contributed by atoms with van der Waals surface area (Å²) in [5, 5.41) is 6.23. The zero-order valence-corrected chi connectivity index (χ0v) is 13.3. The molecule has 6 heteroatoms. The second-order valence-electron chi connectivity index (χ2n) is 5.83. The fourth-order valence-electron chi connectivity index (χ4n) is 3.14. The first-order chi connectivity index (χ1) is 10.1. The smallest absolute Gasteiger partial charge is 0.238 e. The van der Waals surface area contributed by atoms with Crippen molar-refractivity contribution in [3.05, 3.63) is 28.5 Å². The van der Waals surface area contributed by atoms with Crippen molar-refractivity contribution in [1.29, 1.82) is 0 Å². The highest BCUT2D eigenvalue weighted by Gasteiger charge is 2.29. The van der Waals surface area contributed by atoms with Crippen molar-refractivity contribution in [3.8, 4) is 0 Å². The molecule has 2 aliphatic rings. The SMILES string of the molecule is O=C(CN1CCC2CCC(C1)N2)Nc1ccc(Br)cc1F. The highest BCUT2D eigenvalue weighted by atomic mass is 79.9. The van der Waals surface area contributed by atoms with E-state index in [0.29, 0.717) is 23.1 Å². The standard InChI is InChI=1S/C15H19BrFN3O/c16-10-1-4-14(13(17)7-10)19-15(21)9-20-6-5-11-2-3-12(8-20)18-11/h1,4,7,11-12,18H,2-3,5-6,8-9H2,(H,19,21). The van der Waals surface area contributed by atoms with E-state index in [-0.39, 0.29) is 11.6 Å². The molecule has 1 aromatic rings. The highest BCUT2D eigenvalue weighted by molar-refractivity contribution is 9.10. The maximum Gasteiger partial charge on any atom is 0.238 e. The average molecular weight is 356 g/mol. The van der Waals surface area contributed by atoms with Crippen LogP contribution in [0.25, 0.3) is 0 Å². The molecule has 0 aromatic heterocycles. The van der Waals surface area contributed by atoms with Crippen molar-refractivity contribution < 1.29 is 9.18 Å². The van der Waals surface area contributed by atoms with Gasteiger partial charge in [-0.3, -0.25) is 9.69 Å². The van der Waals surface area contributed by atoms with E-state index in [0.717, 1.165) is 19.5 Å². The second kappa shape index (κ2) is 6.42. The van der Waals surface area contributed by atoms with Gasteiger partial charge in [0, 0.05) is 29.6 Å². The molecular weight excluding hydrogens is 337 g/mol. The Morgan fingerprint density at radius 1 is 1.38 bits per heavy atom. The molecule has 2 unspecified atom stereocenters. The monoisotopic (exact) mass is 355 g/mol. The Balaban J connectivity index is 1.56. The molecule has 3 rings (SSSR count). The van der Waals surface area contributed by atoms with Gasteiger partial charge in [0.1, 0.15) is 5.82 Å². The number of carbonyl (C=O) groups excluding carboxylic acids is 1. The van der Waals surface area contributed by atoms with E-state index in [1.165, 1.54) is 18.9 Å². The van der Waals surface area contributed by atoms with Gasteiger partial charge in [-0.1, -0.05) is 15.9 Å². The third kappa shape index (κ3) is 3.81. The fourth-order valence-corrected chi connectivity index (χ4v) is 3.48. The van der Waals surface area contributed by atoms with E-state index in [1.807, 2.05) is 0 Å². The maximum atomic E-state index is 13.7. The van der Waals surface area contributed by atoms with Crippen LogP contribution < -0.4 is 10.6 Å². The number of nitrogens with zero attached hydrogens (tertiary/aromatic N) is 1. The molecule has 21 heavy (non-hydrogen) atoms. The molecule has 2 saturated heterocycles. The van der Waals surface area contributed by atoms with Crippen LogP contribution in [0.2, 0.25) is 0 Å². The first kappa shape index (κ1) is 14.9. The number of rotatable bonds is 3. The summed E-state index contributed by atoms with van der Waals surface area (Å²) in [4.78, 5) is 14.2. The summed E-state index contributed by atoms with van der Waals surface area (Å²) in [5.74, 6) is -0.580. The van der Waals surface area contributed by atoms with Crippen molar-refractivity contribution in [3.63, 3.8) is 0 Å². The normalized spacial score (nSPS) is 25.6. The zero-order chi connectivity index (χ0) is 14.8. The molecule has 4 nitrogen and oxygen atoms in total. The Bertz CT molecular complexity index is 540. The molecular formula is C15H19BrFN3O. The van der Waals surface area contributed by atoms with Gasteiger partial charge in [-0.25, -0.2) is 4.39 Å². The molecule has 2 bridgehead atoms. The zero-order valence-electron chi connectivity index (χ0n) is 11.7. The van der Waals surface area contributed by atoms with Gasteiger partial charge < -0.3 is 10.6 Å². The van der Waals surface area contributed by atoms with E-state index in [9.17, 15) is 9.18 Å². The molecule has 0 saturated carbocycles. The number of amides is 1. The summed E-state index contributed by atoms with van der Waals surface area (Å²) in [5.41, 5.74) is 0.234. The third-order valence-corrected chi connectivity index (χ3v) is 4.67. The first-order valence-electron chi connectivity index (χ1n) is 7.33. The van der Waals surface area contributed by atoms with Crippen molar-refractivity contribution in [2.24, 2.45) is 0 Å². The van der Waals surface area contributed by atoms with Gasteiger partial charge in [0.25, 0.3) is 0 Å². The van der Waals surface area contributed by atoms with E-state index in [1.54, 1.807) is 12.1 Å². The van der Waals surface area contributed by atoms with Gasteiger partial charge >= 0.3 is 0 Å². The minimum atomic E-state index is -0.422. The van der Waals surface area contributed by atoms with Gasteiger partial charge in [-0.2, -0.15) is 0 Å². The predicted octanol–water partition coefficient (Wildman–Crippen LogP) is 2.35. The molecule has 1 aromatic carbocycles. The summed E-state index contributed by atoms with van der Waals surface area (Å²) in [6.07, 6.45) is 3.51. The molecule has 2 aliphatic heterocycles. The van der Waals surface area contributed by atoms with Crippen LogP contribution in [0.1, 0.15) is 19.3 Å². The Labute approximate surface area is 132 Å². The van der Waals surface area contributed by atoms with Crippen LogP contribution in [-0.4, -0.2) is 42.5 Å². The summed E-state index contributed by atoms with van der Waals surface area (Å²) in [7, 11) is 0. The van der Waals surface area contributed by atoms with Crippen LogP contribution >= 0.6 is 15.9 Å². The Kier molecular flexibility index (Phi) is 4.57. The topological polar surface area (TPSA) is 44.4 Å². The van der Waals surface area contributed by atoms with Crippen LogP contribution in [0, 0.1) is 5.82 Å². The summed E-state index contributed by atoms with van der Waals surface area (Å²) in [6, 6.07) is 5.74. The molecule has 2 N–H and O–H groups in total. The molecule has 0 radical (unpaired) electrons. The van der Waals surface area contributed by atoms with Gasteiger partial charge in [0.2, 0.25) is 5.91 Å². The fraction of sp³-hybridized carbons (Fsp3) is 0.533. The lowest BCUT2D eigenvalue weighted by Crippen LogP contribution is -2.39. The number of halogens is 2.